The molecule has 1 aliphatic rings. The summed E-state index contributed by atoms with van der Waals surface area (Å²) in [4.78, 5) is 1.08. The van der Waals surface area contributed by atoms with E-state index < -0.39 is 0 Å². The Morgan fingerprint density at radius 2 is 2.31 bits per heavy atom. The maximum atomic E-state index is 5.94. The molecule has 0 aliphatic carbocycles. The molecule has 2 aromatic rings. The second-order valence-corrected chi connectivity index (χ2v) is 5.54. The van der Waals surface area contributed by atoms with Gasteiger partial charge >= 0.3 is 0 Å². The van der Waals surface area contributed by atoms with Crippen molar-refractivity contribution in [3.8, 4) is 10.6 Å². The minimum atomic E-state index is 0.785. The van der Waals surface area contributed by atoms with Crippen LogP contribution in [0, 0.1) is 0 Å². The van der Waals surface area contributed by atoms with Gasteiger partial charge in [-0.1, -0.05) is 16.8 Å². The van der Waals surface area contributed by atoms with Gasteiger partial charge < -0.3 is 9.84 Å². The second kappa shape index (κ2) is 4.11. The highest BCUT2D eigenvalue weighted by atomic mass is 35.5. The molecule has 1 aliphatic heterocycles. The molecule has 0 atom stereocenters. The van der Waals surface area contributed by atoms with Crippen molar-refractivity contribution in [3.63, 3.8) is 0 Å². The molecule has 3 heterocycles. The van der Waals surface area contributed by atoms with E-state index in [0.717, 1.165) is 33.8 Å². The number of nitrogens with zero attached hydrogens (tertiary/aromatic N) is 1. The van der Waals surface area contributed by atoms with E-state index in [2.05, 4.69) is 10.5 Å². The summed E-state index contributed by atoms with van der Waals surface area (Å²) >= 11 is 7.48. The minimum Gasteiger partial charge on any atom is -0.354 e. The van der Waals surface area contributed by atoms with E-state index in [1.807, 2.05) is 12.1 Å². The van der Waals surface area contributed by atoms with Crippen molar-refractivity contribution in [2.45, 2.75) is 19.3 Å². The molecule has 0 saturated heterocycles. The van der Waals surface area contributed by atoms with Gasteiger partial charge in [-0.2, -0.15) is 0 Å². The molecule has 0 radical (unpaired) electrons. The van der Waals surface area contributed by atoms with E-state index >= 15 is 0 Å². The van der Waals surface area contributed by atoms with E-state index in [0.29, 0.717) is 0 Å². The predicted octanol–water partition coefficient (Wildman–Crippen LogP) is 3.80. The third-order valence-electron chi connectivity index (χ3n) is 2.73. The van der Waals surface area contributed by atoms with Crippen LogP contribution in [0.1, 0.15) is 18.4 Å². The van der Waals surface area contributed by atoms with Crippen molar-refractivity contribution < 1.29 is 4.52 Å². The zero-order valence-electron chi connectivity index (χ0n) is 8.62. The Bertz CT molecular complexity index is 506. The average Bonchev–Trinajstić information content (AvgIpc) is 2.79. The fourth-order valence-corrected chi connectivity index (χ4v) is 3.00. The topological polar surface area (TPSA) is 38.1 Å². The van der Waals surface area contributed by atoms with Gasteiger partial charge in [-0.25, -0.2) is 0 Å². The summed E-state index contributed by atoms with van der Waals surface area (Å²) in [5.74, 6) is 0.831. The Hall–Kier alpha value is -1.00. The number of hydrogen-bond acceptors (Lipinski definition) is 4. The molecule has 0 aromatic carbocycles. The monoisotopic (exact) mass is 254 g/mol. The molecule has 0 unspecified atom stereocenters. The number of nitrogens with one attached hydrogen (secondary N) is 1. The minimum absolute atomic E-state index is 0.785. The van der Waals surface area contributed by atoms with Crippen molar-refractivity contribution in [3.05, 3.63) is 22.0 Å². The number of fused-ring (bicyclic) bond motifs is 1. The van der Waals surface area contributed by atoms with Gasteiger partial charge in [0.25, 0.3) is 0 Å². The summed E-state index contributed by atoms with van der Waals surface area (Å²) in [6.07, 6.45) is 3.37. The molecular weight excluding hydrogens is 244 g/mol. The SMILES string of the molecule is Clc1ccc(-c2noc3c2CCCCN3)s1. The van der Waals surface area contributed by atoms with Crippen LogP contribution in [0.15, 0.2) is 16.7 Å². The molecule has 3 rings (SSSR count). The van der Waals surface area contributed by atoms with Gasteiger partial charge in [0, 0.05) is 12.1 Å². The van der Waals surface area contributed by atoms with Crippen molar-refractivity contribution in [1.29, 1.82) is 0 Å². The van der Waals surface area contributed by atoms with Crippen molar-refractivity contribution in [2.75, 3.05) is 11.9 Å². The number of thiophene rings is 1. The summed E-state index contributed by atoms with van der Waals surface area (Å²) in [6.45, 7) is 0.965. The normalized spacial score (nSPS) is 15.3. The zero-order chi connectivity index (χ0) is 11.0. The van der Waals surface area contributed by atoms with Crippen LogP contribution >= 0.6 is 22.9 Å². The highest BCUT2D eigenvalue weighted by Crippen LogP contribution is 2.36. The molecule has 84 valence electrons. The molecule has 0 fully saturated rings. The molecule has 0 spiro atoms. The van der Waals surface area contributed by atoms with Gasteiger partial charge in [-0.3, -0.25) is 0 Å². The third kappa shape index (κ3) is 1.72. The predicted molar refractivity (Wildman–Crippen MR) is 66.3 cm³/mol. The van der Waals surface area contributed by atoms with E-state index in [4.69, 9.17) is 16.1 Å². The van der Waals surface area contributed by atoms with Crippen LogP contribution in [0.3, 0.4) is 0 Å². The number of hydrogen-bond donors (Lipinski definition) is 1. The fourth-order valence-electron chi connectivity index (χ4n) is 1.94. The molecule has 5 heteroatoms. The van der Waals surface area contributed by atoms with Crippen LogP contribution in [-0.4, -0.2) is 11.7 Å². The summed E-state index contributed by atoms with van der Waals surface area (Å²) in [7, 11) is 0. The Labute approximate surface area is 102 Å². The highest BCUT2D eigenvalue weighted by molar-refractivity contribution is 7.19. The van der Waals surface area contributed by atoms with Gasteiger partial charge in [0.2, 0.25) is 5.88 Å². The van der Waals surface area contributed by atoms with Crippen LogP contribution in [0.2, 0.25) is 4.34 Å². The van der Waals surface area contributed by atoms with Crippen LogP contribution in [0.4, 0.5) is 5.88 Å². The first-order chi connectivity index (χ1) is 7.84. The summed E-state index contributed by atoms with van der Waals surface area (Å²) in [5.41, 5.74) is 2.14. The Morgan fingerprint density at radius 3 is 3.12 bits per heavy atom. The van der Waals surface area contributed by atoms with E-state index in [9.17, 15) is 0 Å². The lowest BCUT2D eigenvalue weighted by Gasteiger charge is -1.97. The van der Waals surface area contributed by atoms with Gasteiger partial charge in [0.15, 0.2) is 0 Å². The standard InChI is InChI=1S/C11H11ClN2OS/c12-9-5-4-8(16-9)10-7-3-1-2-6-13-11(7)15-14-10/h4-5,13H,1-3,6H2. The number of rotatable bonds is 1. The van der Waals surface area contributed by atoms with Gasteiger partial charge in [-0.15, -0.1) is 11.3 Å². The van der Waals surface area contributed by atoms with Gasteiger partial charge in [0.05, 0.1) is 9.21 Å². The highest BCUT2D eigenvalue weighted by Gasteiger charge is 2.20. The first kappa shape index (κ1) is 10.2. The Kier molecular flexibility index (Phi) is 2.61. The maximum absolute atomic E-state index is 5.94. The second-order valence-electron chi connectivity index (χ2n) is 3.83. The van der Waals surface area contributed by atoms with Crippen LogP contribution < -0.4 is 5.32 Å². The first-order valence-corrected chi connectivity index (χ1v) is 6.52. The zero-order valence-corrected chi connectivity index (χ0v) is 10.2. The lowest BCUT2D eigenvalue weighted by Crippen LogP contribution is -1.97. The summed E-state index contributed by atoms with van der Waals surface area (Å²) in [6, 6.07) is 3.89. The number of aromatic nitrogens is 1. The fraction of sp³-hybridized carbons (Fsp3) is 0.364. The van der Waals surface area contributed by atoms with Gasteiger partial charge in [-0.05, 0) is 31.4 Å². The van der Waals surface area contributed by atoms with Crippen LogP contribution in [-0.2, 0) is 6.42 Å². The van der Waals surface area contributed by atoms with E-state index in [1.54, 1.807) is 11.3 Å². The van der Waals surface area contributed by atoms with Crippen LogP contribution in [0.5, 0.6) is 0 Å². The third-order valence-corrected chi connectivity index (χ3v) is 3.97. The van der Waals surface area contributed by atoms with Crippen molar-refractivity contribution >= 4 is 28.8 Å². The molecule has 16 heavy (non-hydrogen) atoms. The lowest BCUT2D eigenvalue weighted by atomic mass is 10.1. The number of halogens is 1. The Balaban J connectivity index is 2.05. The quantitative estimate of drug-likeness (QED) is 0.841. The largest absolute Gasteiger partial charge is 0.354 e. The smallest absolute Gasteiger partial charge is 0.228 e. The van der Waals surface area contributed by atoms with Crippen molar-refractivity contribution in [1.82, 2.24) is 5.16 Å². The summed E-state index contributed by atoms with van der Waals surface area (Å²) in [5, 5.41) is 7.40. The molecule has 1 N–H and O–H groups in total. The van der Waals surface area contributed by atoms with E-state index in [-0.39, 0.29) is 0 Å². The maximum Gasteiger partial charge on any atom is 0.228 e. The molecule has 0 amide bonds. The molecular formula is C11H11ClN2OS. The lowest BCUT2D eigenvalue weighted by molar-refractivity contribution is 0.435. The molecule has 0 saturated carbocycles. The van der Waals surface area contributed by atoms with Gasteiger partial charge in [0.1, 0.15) is 5.69 Å². The Morgan fingerprint density at radius 1 is 1.38 bits per heavy atom. The first-order valence-electron chi connectivity index (χ1n) is 5.33. The van der Waals surface area contributed by atoms with Crippen LogP contribution in [0.25, 0.3) is 10.6 Å². The summed E-state index contributed by atoms with van der Waals surface area (Å²) < 4.78 is 6.12. The number of anilines is 1. The molecule has 0 bridgehead atoms. The van der Waals surface area contributed by atoms with Crippen molar-refractivity contribution in [2.24, 2.45) is 0 Å². The van der Waals surface area contributed by atoms with E-state index in [1.165, 1.54) is 18.4 Å². The molecule has 2 aromatic heterocycles. The average molecular weight is 255 g/mol. The molecule has 3 nitrogen and oxygen atoms in total.